The summed E-state index contributed by atoms with van der Waals surface area (Å²) in [5.41, 5.74) is 0. The first-order chi connectivity index (χ1) is 13.0. The summed E-state index contributed by atoms with van der Waals surface area (Å²) in [4.78, 5) is 21.8. The van der Waals surface area contributed by atoms with E-state index < -0.39 is 13.9 Å². The topological polar surface area (TPSA) is 72.4 Å². The van der Waals surface area contributed by atoms with Gasteiger partial charge in [0.15, 0.2) is 0 Å². The second kappa shape index (κ2) is 27.6. The molecule has 0 radical (unpaired) electrons. The van der Waals surface area contributed by atoms with Crippen molar-refractivity contribution in [2.45, 2.75) is 142 Å². The maximum Gasteiger partial charge on any atom is 1.00 e. The van der Waals surface area contributed by atoms with E-state index in [9.17, 15) is 14.4 Å². The van der Waals surface area contributed by atoms with Crippen LogP contribution >= 0.6 is 7.82 Å². The fourth-order valence-corrected chi connectivity index (χ4v) is 4.20. The first kappa shape index (κ1) is 36.9. The Morgan fingerprint density at radius 1 is 0.586 bits per heavy atom. The van der Waals surface area contributed by atoms with Gasteiger partial charge in [-0.1, -0.05) is 123 Å². The predicted molar refractivity (Wildman–Crippen MR) is 112 cm³/mol. The smallest absolute Gasteiger partial charge is 0.790 e. The molecule has 164 valence electrons. The third kappa shape index (κ3) is 31.4. The van der Waals surface area contributed by atoms with Gasteiger partial charge in [-0.25, -0.2) is 0 Å². The summed E-state index contributed by atoms with van der Waals surface area (Å²) in [6.07, 6.45) is 22.1. The number of hydrogen-bond donors (Lipinski definition) is 0. The van der Waals surface area contributed by atoms with Gasteiger partial charge in [-0.15, -0.1) is 0 Å². The molecule has 7 heteroatoms. The first-order valence-electron chi connectivity index (χ1n) is 11.7. The maximum atomic E-state index is 10.9. The molecule has 0 saturated heterocycles. The van der Waals surface area contributed by atoms with E-state index in [4.69, 9.17) is 4.52 Å². The molecule has 0 fully saturated rings. The molecule has 0 saturated carbocycles. The van der Waals surface area contributed by atoms with E-state index in [2.05, 4.69) is 13.8 Å². The van der Waals surface area contributed by atoms with Crippen LogP contribution in [0.25, 0.3) is 0 Å². The molecule has 4 nitrogen and oxygen atoms in total. The fraction of sp³-hybridized carbons (Fsp3) is 1.00. The number of rotatable bonds is 21. The molecule has 0 heterocycles. The zero-order valence-corrected chi connectivity index (χ0v) is 27.2. The van der Waals surface area contributed by atoms with Gasteiger partial charge in [-0.3, -0.25) is 0 Å². The Balaban J connectivity index is -0.00000338. The molecule has 1 atom stereocenters. The van der Waals surface area contributed by atoms with Crippen molar-refractivity contribution >= 4 is 7.82 Å². The molecule has 0 aliphatic heterocycles. The number of phosphoric acid groups is 1. The van der Waals surface area contributed by atoms with E-state index in [1.807, 2.05) is 0 Å². The minimum absolute atomic E-state index is 0. The van der Waals surface area contributed by atoms with Crippen molar-refractivity contribution in [1.29, 1.82) is 0 Å². The Labute approximate surface area is 266 Å². The van der Waals surface area contributed by atoms with Gasteiger partial charge in [0.1, 0.15) is 0 Å². The number of hydrogen-bond acceptors (Lipinski definition) is 4. The van der Waals surface area contributed by atoms with Crippen LogP contribution in [0.15, 0.2) is 0 Å². The Hall–Kier alpha value is 3.38. The average molecular weight is 483 g/mol. The van der Waals surface area contributed by atoms with Crippen LogP contribution in [0.4, 0.5) is 0 Å². The molecular formula is C22H45K2O4P. The van der Waals surface area contributed by atoms with Crippen molar-refractivity contribution in [3.8, 4) is 0 Å². The standard InChI is InChI=1S/C22H47O4P.2K/c1-3-5-7-9-10-11-12-13-14-15-16-17-19-21-22(26-27(23,24)25)20-18-8-6-4-2;;/h22H,3-21H2,1-2H3,(H2,23,24,25);;/q;2*+1/p-2. The number of unbranched alkanes of at least 4 members (excludes halogenated alkanes) is 15. The molecule has 0 rings (SSSR count). The van der Waals surface area contributed by atoms with E-state index in [0.29, 0.717) is 12.8 Å². The Kier molecular flexibility index (Phi) is 35.2. The summed E-state index contributed by atoms with van der Waals surface area (Å²) in [5, 5.41) is 0. The Morgan fingerprint density at radius 3 is 1.17 bits per heavy atom. The molecule has 0 aromatic rings. The minimum Gasteiger partial charge on any atom is -0.790 e. The normalized spacial score (nSPS) is 12.3. The van der Waals surface area contributed by atoms with Crippen molar-refractivity contribution in [3.05, 3.63) is 0 Å². The first-order valence-corrected chi connectivity index (χ1v) is 13.2. The molecule has 0 N–H and O–H groups in total. The van der Waals surface area contributed by atoms with E-state index in [-0.39, 0.29) is 103 Å². The summed E-state index contributed by atoms with van der Waals surface area (Å²) >= 11 is 0. The third-order valence-corrected chi connectivity index (χ3v) is 5.84. The second-order valence-corrected chi connectivity index (χ2v) is 9.16. The summed E-state index contributed by atoms with van der Waals surface area (Å²) < 4.78 is 15.7. The third-order valence-electron chi connectivity index (χ3n) is 5.29. The summed E-state index contributed by atoms with van der Waals surface area (Å²) in [6, 6.07) is 0. The molecule has 1 unspecified atom stereocenters. The molecule has 0 spiro atoms. The minimum atomic E-state index is -4.86. The molecule has 29 heavy (non-hydrogen) atoms. The molecule has 0 aromatic heterocycles. The Morgan fingerprint density at radius 2 is 0.862 bits per heavy atom. The van der Waals surface area contributed by atoms with Gasteiger partial charge in [-0.2, -0.15) is 0 Å². The van der Waals surface area contributed by atoms with Crippen molar-refractivity contribution in [2.24, 2.45) is 0 Å². The largest absolute Gasteiger partial charge is 1.00 e. The van der Waals surface area contributed by atoms with Gasteiger partial charge < -0.3 is 18.9 Å². The van der Waals surface area contributed by atoms with Gasteiger partial charge in [-0.05, 0) is 12.8 Å². The van der Waals surface area contributed by atoms with Crippen molar-refractivity contribution in [2.75, 3.05) is 0 Å². The average Bonchev–Trinajstić information content (AvgIpc) is 2.61. The van der Waals surface area contributed by atoms with Crippen molar-refractivity contribution in [3.63, 3.8) is 0 Å². The molecule has 0 bridgehead atoms. The second-order valence-electron chi connectivity index (χ2n) is 8.06. The SMILES string of the molecule is CCCCCCCCCCCCCCCC(CCCCCC)OP(=O)([O-])[O-].[K+].[K+]. The van der Waals surface area contributed by atoms with Crippen LogP contribution in [0.3, 0.4) is 0 Å². The molecular weight excluding hydrogens is 437 g/mol. The van der Waals surface area contributed by atoms with E-state index in [0.717, 1.165) is 38.5 Å². The maximum absolute atomic E-state index is 10.9. The van der Waals surface area contributed by atoms with Gasteiger partial charge in [0, 0.05) is 0 Å². The molecule has 0 aromatic carbocycles. The fourth-order valence-electron chi connectivity index (χ4n) is 3.62. The number of phosphoric ester groups is 1. The molecule has 0 amide bonds. The van der Waals surface area contributed by atoms with Crippen LogP contribution in [-0.2, 0) is 9.09 Å². The van der Waals surface area contributed by atoms with E-state index >= 15 is 0 Å². The Bertz CT molecular complexity index is 354. The predicted octanol–water partition coefficient (Wildman–Crippen LogP) is 0.660. The van der Waals surface area contributed by atoms with Crippen LogP contribution < -0.4 is 113 Å². The summed E-state index contributed by atoms with van der Waals surface area (Å²) in [5.74, 6) is 0. The molecule has 0 aliphatic carbocycles. The van der Waals surface area contributed by atoms with Gasteiger partial charge in [0.2, 0.25) is 0 Å². The van der Waals surface area contributed by atoms with Crippen LogP contribution in [0.2, 0.25) is 0 Å². The van der Waals surface area contributed by atoms with Crippen molar-refractivity contribution in [1.82, 2.24) is 0 Å². The quantitative estimate of drug-likeness (QED) is 0.137. The zero-order valence-electron chi connectivity index (χ0n) is 20.1. The molecule has 0 aliphatic rings. The van der Waals surface area contributed by atoms with E-state index in [1.165, 1.54) is 70.6 Å². The van der Waals surface area contributed by atoms with Crippen LogP contribution in [0.5, 0.6) is 0 Å². The van der Waals surface area contributed by atoms with Crippen molar-refractivity contribution < 1.29 is 122 Å². The summed E-state index contributed by atoms with van der Waals surface area (Å²) in [6.45, 7) is 4.40. The van der Waals surface area contributed by atoms with Gasteiger partial charge in [0.05, 0.1) is 13.9 Å². The van der Waals surface area contributed by atoms with Gasteiger partial charge >= 0.3 is 103 Å². The van der Waals surface area contributed by atoms with E-state index in [1.54, 1.807) is 0 Å². The van der Waals surface area contributed by atoms with Crippen LogP contribution in [0, 0.1) is 0 Å². The van der Waals surface area contributed by atoms with Crippen LogP contribution in [0.1, 0.15) is 136 Å². The van der Waals surface area contributed by atoms with Crippen LogP contribution in [-0.4, -0.2) is 6.10 Å². The monoisotopic (exact) mass is 482 g/mol. The zero-order chi connectivity index (χ0) is 20.2. The van der Waals surface area contributed by atoms with Gasteiger partial charge in [0.25, 0.3) is 0 Å². The summed E-state index contributed by atoms with van der Waals surface area (Å²) in [7, 11) is -4.86.